The lowest BCUT2D eigenvalue weighted by Crippen LogP contribution is -2.58. The first kappa shape index (κ1) is 16.0. The van der Waals surface area contributed by atoms with E-state index in [2.05, 4.69) is 29.5 Å². The standard InChI is InChI=1S/C18H25N3O2/c1-3-13-11(2)14-8-7-12(10-16(14)21-17(13)22)20-18(23)15-6-4-5-9-19-15/h4-6,9,11-14,16H,3,7-8,10H2,1-2H3,(H,20,23)(H,21,22). The zero-order valence-electron chi connectivity index (χ0n) is 13.8. The van der Waals surface area contributed by atoms with Crippen molar-refractivity contribution in [3.8, 4) is 0 Å². The molecule has 0 radical (unpaired) electrons. The van der Waals surface area contributed by atoms with Crippen LogP contribution in [0.2, 0.25) is 0 Å². The summed E-state index contributed by atoms with van der Waals surface area (Å²) in [5.74, 6) is 1.14. The number of hydrogen-bond donors (Lipinski definition) is 2. The number of piperidine rings is 1. The second-order valence-corrected chi connectivity index (χ2v) is 6.85. The second-order valence-electron chi connectivity index (χ2n) is 6.85. The van der Waals surface area contributed by atoms with Gasteiger partial charge in [0.1, 0.15) is 5.69 Å². The number of amides is 2. The maximum atomic E-state index is 12.2. The van der Waals surface area contributed by atoms with Gasteiger partial charge in [0, 0.05) is 24.2 Å². The minimum Gasteiger partial charge on any atom is -0.353 e. The third-order valence-corrected chi connectivity index (χ3v) is 5.55. The Hall–Kier alpha value is -1.91. The molecule has 5 unspecified atom stereocenters. The van der Waals surface area contributed by atoms with Gasteiger partial charge in [-0.1, -0.05) is 19.9 Å². The Labute approximate surface area is 137 Å². The summed E-state index contributed by atoms with van der Waals surface area (Å²) in [6.45, 7) is 4.29. The monoisotopic (exact) mass is 315 g/mol. The highest BCUT2D eigenvalue weighted by Crippen LogP contribution is 2.38. The molecule has 2 N–H and O–H groups in total. The highest BCUT2D eigenvalue weighted by atomic mass is 16.2. The molecule has 5 nitrogen and oxygen atoms in total. The van der Waals surface area contributed by atoms with E-state index in [1.165, 1.54) is 0 Å². The van der Waals surface area contributed by atoms with Gasteiger partial charge >= 0.3 is 0 Å². The Morgan fingerprint density at radius 2 is 2.22 bits per heavy atom. The van der Waals surface area contributed by atoms with Crippen LogP contribution < -0.4 is 10.6 Å². The van der Waals surface area contributed by atoms with E-state index in [-0.39, 0.29) is 29.8 Å². The fourth-order valence-corrected chi connectivity index (χ4v) is 4.26. The van der Waals surface area contributed by atoms with E-state index in [1.807, 2.05) is 6.07 Å². The second kappa shape index (κ2) is 6.69. The molecule has 5 heteroatoms. The van der Waals surface area contributed by atoms with Crippen molar-refractivity contribution < 1.29 is 9.59 Å². The average molecular weight is 315 g/mol. The van der Waals surface area contributed by atoms with Crippen molar-refractivity contribution in [1.29, 1.82) is 0 Å². The minimum absolute atomic E-state index is 0.108. The molecule has 0 aromatic carbocycles. The Kier molecular flexibility index (Phi) is 4.64. The van der Waals surface area contributed by atoms with E-state index in [0.29, 0.717) is 17.5 Å². The Bertz CT molecular complexity index is 575. The summed E-state index contributed by atoms with van der Waals surface area (Å²) in [5.41, 5.74) is 0.446. The summed E-state index contributed by atoms with van der Waals surface area (Å²) in [4.78, 5) is 28.6. The van der Waals surface area contributed by atoms with Crippen LogP contribution in [-0.4, -0.2) is 28.9 Å². The van der Waals surface area contributed by atoms with Crippen LogP contribution in [0.25, 0.3) is 0 Å². The molecule has 2 amide bonds. The molecule has 0 spiro atoms. The van der Waals surface area contributed by atoms with Crippen LogP contribution in [0.15, 0.2) is 24.4 Å². The molecule has 3 rings (SSSR count). The molecule has 0 bridgehead atoms. The molecule has 1 aromatic rings. The van der Waals surface area contributed by atoms with Gasteiger partial charge < -0.3 is 10.6 Å². The SMILES string of the molecule is CCC1C(=O)NC2CC(NC(=O)c3ccccn3)CCC2C1C. The zero-order chi connectivity index (χ0) is 16.4. The van der Waals surface area contributed by atoms with Crippen LogP contribution in [0.1, 0.15) is 50.0 Å². The first-order valence-corrected chi connectivity index (χ1v) is 8.62. The van der Waals surface area contributed by atoms with Crippen molar-refractivity contribution in [1.82, 2.24) is 15.6 Å². The highest BCUT2D eigenvalue weighted by molar-refractivity contribution is 5.92. The molecule has 1 aliphatic heterocycles. The quantitative estimate of drug-likeness (QED) is 0.898. The summed E-state index contributed by atoms with van der Waals surface area (Å²) in [6.07, 6.45) is 5.36. The molecule has 2 aliphatic rings. The lowest BCUT2D eigenvalue weighted by molar-refractivity contribution is -0.133. The molecule has 1 saturated carbocycles. The predicted molar refractivity (Wildman–Crippen MR) is 87.7 cm³/mol. The van der Waals surface area contributed by atoms with Crippen molar-refractivity contribution in [2.75, 3.05) is 0 Å². The molecule has 5 atom stereocenters. The largest absolute Gasteiger partial charge is 0.353 e. The summed E-state index contributed by atoms with van der Waals surface area (Å²) < 4.78 is 0. The van der Waals surface area contributed by atoms with Crippen LogP contribution in [0.4, 0.5) is 0 Å². The molecule has 2 heterocycles. The van der Waals surface area contributed by atoms with Crippen molar-refractivity contribution in [3.05, 3.63) is 30.1 Å². The Morgan fingerprint density at radius 3 is 2.91 bits per heavy atom. The normalized spacial score (nSPS) is 33.5. The predicted octanol–water partition coefficient (Wildman–Crippen LogP) is 2.14. The van der Waals surface area contributed by atoms with Gasteiger partial charge in [0.05, 0.1) is 0 Å². The molecule has 1 aromatic heterocycles. The summed E-state index contributed by atoms with van der Waals surface area (Å²) in [5, 5.41) is 6.26. The summed E-state index contributed by atoms with van der Waals surface area (Å²) in [6, 6.07) is 5.62. The van der Waals surface area contributed by atoms with Crippen LogP contribution in [0, 0.1) is 17.8 Å². The number of aromatic nitrogens is 1. The van der Waals surface area contributed by atoms with Gasteiger partial charge in [-0.15, -0.1) is 0 Å². The molecular formula is C18H25N3O2. The molecule has 1 aliphatic carbocycles. The smallest absolute Gasteiger partial charge is 0.270 e. The number of nitrogens with zero attached hydrogens (tertiary/aromatic N) is 1. The first-order valence-electron chi connectivity index (χ1n) is 8.62. The molecule has 1 saturated heterocycles. The third kappa shape index (κ3) is 3.23. The number of nitrogens with one attached hydrogen (secondary N) is 2. The minimum atomic E-state index is -0.129. The van der Waals surface area contributed by atoms with E-state index in [1.54, 1.807) is 18.3 Å². The van der Waals surface area contributed by atoms with E-state index >= 15 is 0 Å². The lowest BCUT2D eigenvalue weighted by Gasteiger charge is -2.46. The maximum Gasteiger partial charge on any atom is 0.270 e. The molecular weight excluding hydrogens is 290 g/mol. The fraction of sp³-hybridized carbons (Fsp3) is 0.611. The molecule has 124 valence electrons. The van der Waals surface area contributed by atoms with Crippen molar-refractivity contribution in [3.63, 3.8) is 0 Å². The average Bonchev–Trinajstić information content (AvgIpc) is 2.55. The van der Waals surface area contributed by atoms with Crippen molar-refractivity contribution >= 4 is 11.8 Å². The summed E-state index contributed by atoms with van der Waals surface area (Å²) in [7, 11) is 0. The van der Waals surface area contributed by atoms with Gasteiger partial charge in [-0.25, -0.2) is 0 Å². The zero-order valence-corrected chi connectivity index (χ0v) is 13.8. The van der Waals surface area contributed by atoms with Crippen LogP contribution in [-0.2, 0) is 4.79 Å². The van der Waals surface area contributed by atoms with Crippen LogP contribution in [0.5, 0.6) is 0 Å². The number of carbonyl (C=O) groups excluding carboxylic acids is 2. The summed E-state index contributed by atoms with van der Waals surface area (Å²) >= 11 is 0. The molecule has 2 fully saturated rings. The van der Waals surface area contributed by atoms with Gasteiger partial charge in [-0.05, 0) is 49.7 Å². The first-order chi connectivity index (χ1) is 11.1. The third-order valence-electron chi connectivity index (χ3n) is 5.55. The number of carbonyl (C=O) groups is 2. The van der Waals surface area contributed by atoms with Crippen molar-refractivity contribution in [2.45, 2.75) is 51.6 Å². The fourth-order valence-electron chi connectivity index (χ4n) is 4.26. The van der Waals surface area contributed by atoms with Crippen LogP contribution >= 0.6 is 0 Å². The van der Waals surface area contributed by atoms with E-state index in [4.69, 9.17) is 0 Å². The number of rotatable bonds is 3. The van der Waals surface area contributed by atoms with Crippen molar-refractivity contribution in [2.24, 2.45) is 17.8 Å². The van der Waals surface area contributed by atoms with E-state index in [9.17, 15) is 9.59 Å². The van der Waals surface area contributed by atoms with Crippen LogP contribution in [0.3, 0.4) is 0 Å². The highest BCUT2D eigenvalue weighted by Gasteiger charge is 2.43. The van der Waals surface area contributed by atoms with E-state index < -0.39 is 0 Å². The van der Waals surface area contributed by atoms with Gasteiger partial charge in [0.25, 0.3) is 5.91 Å². The Morgan fingerprint density at radius 1 is 1.39 bits per heavy atom. The molecule has 23 heavy (non-hydrogen) atoms. The van der Waals surface area contributed by atoms with Gasteiger partial charge in [-0.2, -0.15) is 0 Å². The van der Waals surface area contributed by atoms with Gasteiger partial charge in [-0.3, -0.25) is 14.6 Å². The lowest BCUT2D eigenvalue weighted by atomic mass is 9.67. The Balaban J connectivity index is 1.62. The number of fused-ring (bicyclic) bond motifs is 1. The van der Waals surface area contributed by atoms with Gasteiger partial charge in [0.2, 0.25) is 5.91 Å². The van der Waals surface area contributed by atoms with E-state index in [0.717, 1.165) is 25.7 Å². The number of pyridine rings is 1. The maximum absolute atomic E-state index is 12.2. The van der Waals surface area contributed by atoms with Gasteiger partial charge in [0.15, 0.2) is 0 Å². The number of hydrogen-bond acceptors (Lipinski definition) is 3. The topological polar surface area (TPSA) is 71.1 Å².